The van der Waals surface area contributed by atoms with Gasteiger partial charge in [0.05, 0.1) is 6.54 Å². The van der Waals surface area contributed by atoms with Gasteiger partial charge in [0.25, 0.3) is 0 Å². The Bertz CT molecular complexity index is 604. The van der Waals surface area contributed by atoms with Crippen LogP contribution in [0.5, 0.6) is 0 Å². The first-order valence-electron chi connectivity index (χ1n) is 7.72. The first-order valence-corrected chi connectivity index (χ1v) is 8.54. The molecule has 5 heteroatoms. The van der Waals surface area contributed by atoms with E-state index >= 15 is 0 Å². The molecule has 4 nitrogen and oxygen atoms in total. The van der Waals surface area contributed by atoms with Gasteiger partial charge in [-0.05, 0) is 38.3 Å². The molecule has 2 aromatic rings. The van der Waals surface area contributed by atoms with Crippen LogP contribution in [-0.4, -0.2) is 16.5 Å². The van der Waals surface area contributed by atoms with Gasteiger partial charge in [0.2, 0.25) is 0 Å². The molecule has 2 N–H and O–H groups in total. The zero-order valence-electron chi connectivity index (χ0n) is 12.6. The van der Waals surface area contributed by atoms with Crippen molar-refractivity contribution in [2.45, 2.75) is 45.6 Å². The molecule has 2 aromatic heterocycles. The number of nitrogens with zero attached hydrogens (tertiary/aromatic N) is 2. The average Bonchev–Trinajstić information content (AvgIpc) is 3.24. The van der Waals surface area contributed by atoms with Crippen molar-refractivity contribution in [1.29, 1.82) is 0 Å². The van der Waals surface area contributed by atoms with Crippen molar-refractivity contribution < 1.29 is 0 Å². The molecule has 0 atom stereocenters. The molecule has 0 amide bonds. The van der Waals surface area contributed by atoms with Gasteiger partial charge in [-0.15, -0.1) is 11.3 Å². The molecule has 0 saturated heterocycles. The number of thiophene rings is 1. The van der Waals surface area contributed by atoms with E-state index in [9.17, 15) is 0 Å². The van der Waals surface area contributed by atoms with Crippen LogP contribution in [0.3, 0.4) is 0 Å². The molecule has 1 aliphatic carbocycles. The molecule has 0 aromatic carbocycles. The van der Waals surface area contributed by atoms with Gasteiger partial charge in [-0.1, -0.05) is 6.92 Å². The first kappa shape index (κ1) is 14.3. The lowest BCUT2D eigenvalue weighted by molar-refractivity contribution is 0.919. The van der Waals surface area contributed by atoms with E-state index in [0.29, 0.717) is 5.92 Å². The van der Waals surface area contributed by atoms with Crippen molar-refractivity contribution in [2.24, 2.45) is 0 Å². The van der Waals surface area contributed by atoms with E-state index in [1.807, 2.05) is 17.4 Å². The second kappa shape index (κ2) is 6.43. The Morgan fingerprint density at radius 3 is 2.43 bits per heavy atom. The van der Waals surface area contributed by atoms with Gasteiger partial charge >= 0.3 is 0 Å². The number of hydrogen-bond donors (Lipinski definition) is 2. The van der Waals surface area contributed by atoms with Crippen molar-refractivity contribution in [3.8, 4) is 0 Å². The molecule has 0 unspecified atom stereocenters. The third-order valence-corrected chi connectivity index (χ3v) is 4.78. The summed E-state index contributed by atoms with van der Waals surface area (Å²) in [6, 6.07) is 6.41. The molecule has 0 bridgehead atoms. The van der Waals surface area contributed by atoms with Crippen LogP contribution in [0, 0.1) is 0 Å². The fourth-order valence-corrected chi connectivity index (χ4v) is 3.13. The number of nitrogens with one attached hydrogen (secondary N) is 2. The average molecular weight is 302 g/mol. The number of rotatable bonds is 7. The Labute approximate surface area is 130 Å². The molecule has 2 heterocycles. The summed E-state index contributed by atoms with van der Waals surface area (Å²) in [5, 5.41) is 6.73. The van der Waals surface area contributed by atoms with Crippen LogP contribution in [0.15, 0.2) is 18.2 Å². The minimum Gasteiger partial charge on any atom is -0.370 e. The van der Waals surface area contributed by atoms with Crippen molar-refractivity contribution in [3.05, 3.63) is 33.8 Å². The predicted molar refractivity (Wildman–Crippen MR) is 89.2 cm³/mol. The summed E-state index contributed by atoms with van der Waals surface area (Å²) < 4.78 is 0. The van der Waals surface area contributed by atoms with Crippen LogP contribution in [-0.2, 0) is 13.0 Å². The van der Waals surface area contributed by atoms with Gasteiger partial charge in [0.1, 0.15) is 17.5 Å². The summed E-state index contributed by atoms with van der Waals surface area (Å²) in [5.74, 6) is 3.40. The number of aryl methyl sites for hydroxylation is 1. The molecular weight excluding hydrogens is 280 g/mol. The molecule has 3 rings (SSSR count). The highest BCUT2D eigenvalue weighted by Crippen LogP contribution is 2.38. The Balaban J connectivity index is 1.71. The van der Waals surface area contributed by atoms with Gasteiger partial charge in [-0.2, -0.15) is 0 Å². The minimum atomic E-state index is 0.567. The normalized spacial score (nSPS) is 14.2. The molecule has 0 radical (unpaired) electrons. The minimum absolute atomic E-state index is 0.567. The van der Waals surface area contributed by atoms with Crippen molar-refractivity contribution in [2.75, 3.05) is 17.2 Å². The zero-order valence-corrected chi connectivity index (χ0v) is 13.5. The Morgan fingerprint density at radius 2 is 1.81 bits per heavy atom. The third-order valence-electron chi connectivity index (χ3n) is 3.55. The molecule has 0 spiro atoms. The standard InChI is InChI=1S/C16H22N4S/c1-3-12-7-8-13(21-12)10-18-15-9-14(17-4-2)19-16(20-15)11-5-6-11/h7-9,11H,3-6,10H2,1-2H3,(H2,17,18,19,20). The van der Waals surface area contributed by atoms with Crippen LogP contribution in [0.25, 0.3) is 0 Å². The fraction of sp³-hybridized carbons (Fsp3) is 0.500. The molecule has 1 fully saturated rings. The monoisotopic (exact) mass is 302 g/mol. The maximum Gasteiger partial charge on any atom is 0.136 e. The highest BCUT2D eigenvalue weighted by molar-refractivity contribution is 7.12. The lowest BCUT2D eigenvalue weighted by atomic mass is 10.3. The second-order valence-electron chi connectivity index (χ2n) is 5.38. The van der Waals surface area contributed by atoms with Crippen molar-refractivity contribution in [3.63, 3.8) is 0 Å². The topological polar surface area (TPSA) is 49.8 Å². The van der Waals surface area contributed by atoms with E-state index in [1.54, 1.807) is 0 Å². The molecular formula is C16H22N4S. The quantitative estimate of drug-likeness (QED) is 0.811. The van der Waals surface area contributed by atoms with Crippen LogP contribution in [0.1, 0.15) is 48.2 Å². The van der Waals surface area contributed by atoms with Gasteiger partial charge in [-0.25, -0.2) is 9.97 Å². The van der Waals surface area contributed by atoms with Crippen LogP contribution < -0.4 is 10.6 Å². The summed E-state index contributed by atoms with van der Waals surface area (Å²) in [5.41, 5.74) is 0. The van der Waals surface area contributed by atoms with E-state index < -0.39 is 0 Å². The molecule has 21 heavy (non-hydrogen) atoms. The van der Waals surface area contributed by atoms with Crippen molar-refractivity contribution >= 4 is 23.0 Å². The highest BCUT2D eigenvalue weighted by Gasteiger charge is 2.27. The van der Waals surface area contributed by atoms with E-state index in [4.69, 9.17) is 0 Å². The third kappa shape index (κ3) is 3.73. The van der Waals surface area contributed by atoms with E-state index in [1.165, 1.54) is 22.6 Å². The SMILES string of the molecule is CCNc1cc(NCc2ccc(CC)s2)nc(C2CC2)n1. The number of aromatic nitrogens is 2. The summed E-state index contributed by atoms with van der Waals surface area (Å²) in [7, 11) is 0. The summed E-state index contributed by atoms with van der Waals surface area (Å²) in [6.07, 6.45) is 3.55. The van der Waals surface area contributed by atoms with E-state index in [2.05, 4.69) is 46.6 Å². The van der Waals surface area contributed by atoms with Gasteiger partial charge in [0, 0.05) is 28.3 Å². The Hall–Kier alpha value is -1.62. The van der Waals surface area contributed by atoms with Crippen LogP contribution in [0.2, 0.25) is 0 Å². The Kier molecular flexibility index (Phi) is 4.39. The summed E-state index contributed by atoms with van der Waals surface area (Å²) >= 11 is 1.87. The first-order chi connectivity index (χ1) is 10.3. The summed E-state index contributed by atoms with van der Waals surface area (Å²) in [6.45, 7) is 5.99. The summed E-state index contributed by atoms with van der Waals surface area (Å²) in [4.78, 5) is 12.0. The molecule has 1 saturated carbocycles. The van der Waals surface area contributed by atoms with Gasteiger partial charge in [-0.3, -0.25) is 0 Å². The molecule has 0 aliphatic heterocycles. The van der Waals surface area contributed by atoms with Crippen LogP contribution >= 0.6 is 11.3 Å². The van der Waals surface area contributed by atoms with E-state index in [-0.39, 0.29) is 0 Å². The zero-order chi connectivity index (χ0) is 14.7. The lowest BCUT2D eigenvalue weighted by Crippen LogP contribution is -2.07. The maximum atomic E-state index is 4.66. The molecule has 1 aliphatic rings. The predicted octanol–water partition coefficient (Wildman–Crippen LogP) is 4.02. The smallest absolute Gasteiger partial charge is 0.136 e. The number of hydrogen-bond acceptors (Lipinski definition) is 5. The van der Waals surface area contributed by atoms with Crippen molar-refractivity contribution in [1.82, 2.24) is 9.97 Å². The maximum absolute atomic E-state index is 4.66. The number of anilines is 2. The largest absolute Gasteiger partial charge is 0.370 e. The lowest BCUT2D eigenvalue weighted by Gasteiger charge is -2.09. The van der Waals surface area contributed by atoms with E-state index in [0.717, 1.165) is 37.0 Å². The van der Waals surface area contributed by atoms with Crippen LogP contribution in [0.4, 0.5) is 11.6 Å². The Morgan fingerprint density at radius 1 is 1.10 bits per heavy atom. The van der Waals surface area contributed by atoms with Gasteiger partial charge in [0.15, 0.2) is 0 Å². The fourth-order valence-electron chi connectivity index (χ4n) is 2.24. The second-order valence-corrected chi connectivity index (χ2v) is 6.63. The van der Waals surface area contributed by atoms with Gasteiger partial charge < -0.3 is 10.6 Å². The highest BCUT2D eigenvalue weighted by atomic mass is 32.1. The molecule has 112 valence electrons.